The number of ether oxygens (including phenoxy) is 2. The largest absolute Gasteiger partial charge is 0.459 e. The van der Waals surface area contributed by atoms with E-state index in [0.717, 1.165) is 16.7 Å². The van der Waals surface area contributed by atoms with Crippen LogP contribution in [0.3, 0.4) is 0 Å². The highest BCUT2D eigenvalue weighted by Gasteiger charge is 2.41. The fourth-order valence-electron chi connectivity index (χ4n) is 3.38. The second-order valence-electron chi connectivity index (χ2n) is 7.49. The summed E-state index contributed by atoms with van der Waals surface area (Å²) in [5.74, 6) is -0.540. The molecular weight excluding hydrogens is 402 g/mol. The molecule has 0 spiro atoms. The van der Waals surface area contributed by atoms with E-state index in [4.69, 9.17) is 9.47 Å². The minimum absolute atomic E-state index is 0.0985. The van der Waals surface area contributed by atoms with E-state index >= 15 is 0 Å². The molecule has 1 N–H and O–H groups in total. The maximum absolute atomic E-state index is 13.3. The fraction of sp³-hybridized carbons (Fsp3) is 0.185. The zero-order valence-corrected chi connectivity index (χ0v) is 17.9. The molecule has 0 fully saturated rings. The van der Waals surface area contributed by atoms with Crippen LogP contribution in [-0.2, 0) is 33.9 Å². The summed E-state index contributed by atoms with van der Waals surface area (Å²) in [6.07, 6.45) is 1.34. The Morgan fingerprint density at radius 3 is 1.72 bits per heavy atom. The molecule has 0 aliphatic heterocycles. The number of carbonyl (C=O) groups excluding carboxylic acids is 2. The van der Waals surface area contributed by atoms with E-state index in [0.29, 0.717) is 0 Å². The van der Waals surface area contributed by atoms with Crippen molar-refractivity contribution in [3.8, 4) is 0 Å². The van der Waals surface area contributed by atoms with Gasteiger partial charge in [0.05, 0.1) is 0 Å². The van der Waals surface area contributed by atoms with Crippen LogP contribution >= 0.6 is 0 Å². The summed E-state index contributed by atoms with van der Waals surface area (Å²) in [4.78, 5) is 26.0. The van der Waals surface area contributed by atoms with Crippen molar-refractivity contribution in [3.63, 3.8) is 0 Å². The molecule has 5 heteroatoms. The number of amides is 1. The molecule has 0 radical (unpaired) electrons. The van der Waals surface area contributed by atoms with Crippen LogP contribution < -0.4 is 5.32 Å². The van der Waals surface area contributed by atoms with Gasteiger partial charge in [-0.15, -0.1) is 6.58 Å². The van der Waals surface area contributed by atoms with Crippen molar-refractivity contribution in [2.24, 2.45) is 0 Å². The number of nitrogens with one attached hydrogen (secondary N) is 1. The first-order valence-electron chi connectivity index (χ1n) is 10.5. The summed E-state index contributed by atoms with van der Waals surface area (Å²) in [5, 5.41) is 2.78. The van der Waals surface area contributed by atoms with E-state index in [-0.39, 0.29) is 26.1 Å². The first-order valence-corrected chi connectivity index (χ1v) is 10.5. The molecule has 0 saturated carbocycles. The number of alkyl carbamates (subject to hydrolysis) is 1. The standard InChI is InChI=1S/C27H27NO4/c1-2-18-27(19-22-12-6-3-7-13-22,25(29)31-20-23-14-8-4-9-15-23)28-26(30)32-21-24-16-10-5-11-17-24/h2-17H,1,18-21H2,(H,28,30). The highest BCUT2D eigenvalue weighted by atomic mass is 16.6. The number of esters is 1. The normalized spacial score (nSPS) is 12.2. The van der Waals surface area contributed by atoms with Crippen LogP contribution in [-0.4, -0.2) is 17.6 Å². The molecule has 1 unspecified atom stereocenters. The van der Waals surface area contributed by atoms with Crippen molar-refractivity contribution in [2.75, 3.05) is 0 Å². The minimum atomic E-state index is -1.34. The van der Waals surface area contributed by atoms with Crippen molar-refractivity contribution >= 4 is 12.1 Å². The van der Waals surface area contributed by atoms with E-state index in [9.17, 15) is 9.59 Å². The molecule has 0 aromatic heterocycles. The molecule has 0 aliphatic rings. The predicted octanol–water partition coefficient (Wildman–Crippen LogP) is 5.21. The second kappa shape index (κ2) is 11.5. The summed E-state index contributed by atoms with van der Waals surface area (Å²) >= 11 is 0. The lowest BCUT2D eigenvalue weighted by Crippen LogP contribution is -2.56. The van der Waals surface area contributed by atoms with Gasteiger partial charge >= 0.3 is 12.1 Å². The van der Waals surface area contributed by atoms with E-state index in [1.54, 1.807) is 6.08 Å². The molecule has 1 amide bonds. The van der Waals surface area contributed by atoms with Crippen LogP contribution in [0.5, 0.6) is 0 Å². The lowest BCUT2D eigenvalue weighted by atomic mass is 9.87. The van der Waals surface area contributed by atoms with Crippen LogP contribution in [0.2, 0.25) is 0 Å². The molecule has 164 valence electrons. The molecule has 5 nitrogen and oxygen atoms in total. The van der Waals surface area contributed by atoms with Crippen molar-refractivity contribution in [1.29, 1.82) is 0 Å². The molecular formula is C27H27NO4. The molecule has 32 heavy (non-hydrogen) atoms. The number of hydrogen-bond donors (Lipinski definition) is 1. The maximum Gasteiger partial charge on any atom is 0.408 e. The Kier molecular flexibility index (Phi) is 8.21. The molecule has 0 saturated heterocycles. The Bertz CT molecular complexity index is 1010. The van der Waals surface area contributed by atoms with Gasteiger partial charge < -0.3 is 14.8 Å². The van der Waals surface area contributed by atoms with Gasteiger partial charge in [0.15, 0.2) is 0 Å². The summed E-state index contributed by atoms with van der Waals surface area (Å²) in [5.41, 5.74) is 1.26. The average Bonchev–Trinajstić information content (AvgIpc) is 2.83. The van der Waals surface area contributed by atoms with Crippen molar-refractivity contribution < 1.29 is 19.1 Å². The molecule has 3 aromatic carbocycles. The Balaban J connectivity index is 1.77. The van der Waals surface area contributed by atoms with Crippen LogP contribution in [0.25, 0.3) is 0 Å². The van der Waals surface area contributed by atoms with Gasteiger partial charge in [0, 0.05) is 6.42 Å². The molecule has 0 aliphatic carbocycles. The van der Waals surface area contributed by atoms with E-state index in [2.05, 4.69) is 11.9 Å². The molecule has 0 bridgehead atoms. The minimum Gasteiger partial charge on any atom is -0.459 e. The predicted molar refractivity (Wildman–Crippen MR) is 124 cm³/mol. The summed E-state index contributed by atoms with van der Waals surface area (Å²) in [6, 6.07) is 28.2. The lowest BCUT2D eigenvalue weighted by molar-refractivity contribution is -0.152. The van der Waals surface area contributed by atoms with Gasteiger partial charge in [0.2, 0.25) is 0 Å². The Hall–Kier alpha value is -3.86. The fourth-order valence-corrected chi connectivity index (χ4v) is 3.38. The third kappa shape index (κ3) is 6.57. The van der Waals surface area contributed by atoms with Crippen LogP contribution in [0.4, 0.5) is 4.79 Å². The second-order valence-corrected chi connectivity index (χ2v) is 7.49. The van der Waals surface area contributed by atoms with E-state index in [1.807, 2.05) is 91.0 Å². The molecule has 3 rings (SSSR count). The molecule has 1 atom stereocenters. The molecule has 0 heterocycles. The summed E-state index contributed by atoms with van der Waals surface area (Å²) in [7, 11) is 0. The van der Waals surface area contributed by atoms with Crippen molar-refractivity contribution in [1.82, 2.24) is 5.32 Å². The topological polar surface area (TPSA) is 64.6 Å². The van der Waals surface area contributed by atoms with Crippen molar-refractivity contribution in [2.45, 2.75) is 31.6 Å². The third-order valence-corrected chi connectivity index (χ3v) is 5.00. The monoisotopic (exact) mass is 429 g/mol. The lowest BCUT2D eigenvalue weighted by Gasteiger charge is -2.31. The zero-order valence-electron chi connectivity index (χ0n) is 17.9. The average molecular weight is 430 g/mol. The van der Waals surface area contributed by atoms with Crippen LogP contribution in [0, 0.1) is 0 Å². The van der Waals surface area contributed by atoms with Gasteiger partial charge in [0.25, 0.3) is 0 Å². The van der Waals surface area contributed by atoms with Gasteiger partial charge in [0.1, 0.15) is 18.8 Å². The smallest absolute Gasteiger partial charge is 0.408 e. The third-order valence-electron chi connectivity index (χ3n) is 5.00. The first kappa shape index (κ1) is 22.8. The Morgan fingerprint density at radius 2 is 1.22 bits per heavy atom. The van der Waals surface area contributed by atoms with Gasteiger partial charge in [-0.2, -0.15) is 0 Å². The summed E-state index contributed by atoms with van der Waals surface area (Å²) < 4.78 is 11.0. The number of carbonyl (C=O) groups is 2. The van der Waals surface area contributed by atoms with Crippen LogP contribution in [0.1, 0.15) is 23.1 Å². The quantitative estimate of drug-likeness (QED) is 0.355. The van der Waals surface area contributed by atoms with Gasteiger partial charge in [-0.3, -0.25) is 0 Å². The zero-order chi connectivity index (χ0) is 22.7. The number of hydrogen-bond acceptors (Lipinski definition) is 4. The van der Waals surface area contributed by atoms with Crippen LogP contribution in [0.15, 0.2) is 104 Å². The van der Waals surface area contributed by atoms with E-state index < -0.39 is 17.6 Å². The van der Waals surface area contributed by atoms with Gasteiger partial charge in [-0.05, 0) is 23.1 Å². The highest BCUT2D eigenvalue weighted by Crippen LogP contribution is 2.22. The summed E-state index contributed by atoms with van der Waals surface area (Å²) in [6.45, 7) is 3.99. The Labute approximate surface area is 188 Å². The van der Waals surface area contributed by atoms with Gasteiger partial charge in [-0.1, -0.05) is 97.1 Å². The van der Waals surface area contributed by atoms with Crippen molar-refractivity contribution in [3.05, 3.63) is 120 Å². The number of rotatable bonds is 10. The van der Waals surface area contributed by atoms with Gasteiger partial charge in [-0.25, -0.2) is 9.59 Å². The highest BCUT2D eigenvalue weighted by molar-refractivity contribution is 5.86. The Morgan fingerprint density at radius 1 is 0.750 bits per heavy atom. The SMILES string of the molecule is C=CCC(Cc1ccccc1)(NC(=O)OCc1ccccc1)C(=O)OCc1ccccc1. The van der Waals surface area contributed by atoms with E-state index in [1.165, 1.54) is 0 Å². The maximum atomic E-state index is 13.3. The first-order chi connectivity index (χ1) is 15.6. The number of benzene rings is 3. The molecule has 3 aromatic rings.